The summed E-state index contributed by atoms with van der Waals surface area (Å²) in [7, 11) is 3.30. The maximum atomic E-state index is 13.0. The van der Waals surface area contributed by atoms with Gasteiger partial charge in [-0.2, -0.15) is 10.1 Å². The summed E-state index contributed by atoms with van der Waals surface area (Å²) in [5.41, 5.74) is 4.31. The molecular weight excluding hydrogens is 370 g/mol. The maximum absolute atomic E-state index is 13.0. The first-order valence-corrected chi connectivity index (χ1v) is 8.95. The molecule has 1 N–H and O–H groups in total. The van der Waals surface area contributed by atoms with Gasteiger partial charge in [0.25, 0.3) is 5.56 Å². The zero-order valence-corrected chi connectivity index (χ0v) is 16.0. The lowest BCUT2D eigenvalue weighted by Crippen LogP contribution is -2.39. The first-order chi connectivity index (χ1) is 14.1. The number of anilines is 1. The standard InChI is InChI=1S/C20H19N7O2/c1-25-16-17(23-19(25)24-22-12-15-9-6-10-21-11-15)26(2)20(29)27(18(16)28)13-14-7-4-3-5-8-14/h3-12H,13H2,1-2H3,(H,23,24)/b22-12+. The predicted molar refractivity (Wildman–Crippen MR) is 111 cm³/mol. The van der Waals surface area contributed by atoms with Crippen molar-refractivity contribution < 1.29 is 0 Å². The number of aromatic nitrogens is 5. The van der Waals surface area contributed by atoms with Crippen LogP contribution in [-0.2, 0) is 20.6 Å². The molecule has 0 unspecified atom stereocenters. The van der Waals surface area contributed by atoms with Crippen LogP contribution >= 0.6 is 0 Å². The van der Waals surface area contributed by atoms with Crippen molar-refractivity contribution in [1.82, 2.24) is 23.7 Å². The molecule has 0 saturated heterocycles. The smallest absolute Gasteiger partial charge is 0.306 e. The molecule has 0 fully saturated rings. The second kappa shape index (κ2) is 7.55. The Morgan fingerprint density at radius 1 is 1.07 bits per heavy atom. The van der Waals surface area contributed by atoms with Gasteiger partial charge in [-0.15, -0.1) is 0 Å². The van der Waals surface area contributed by atoms with E-state index in [9.17, 15) is 9.59 Å². The molecule has 0 amide bonds. The lowest BCUT2D eigenvalue weighted by Gasteiger charge is -2.08. The molecule has 3 heterocycles. The van der Waals surface area contributed by atoms with Gasteiger partial charge in [0, 0.05) is 32.1 Å². The van der Waals surface area contributed by atoms with Crippen LogP contribution in [0.25, 0.3) is 11.2 Å². The molecule has 9 heteroatoms. The van der Waals surface area contributed by atoms with Gasteiger partial charge in [0.05, 0.1) is 12.8 Å². The minimum Gasteiger partial charge on any atom is -0.306 e. The second-order valence-electron chi connectivity index (χ2n) is 6.54. The number of nitrogens with zero attached hydrogens (tertiary/aromatic N) is 6. The summed E-state index contributed by atoms with van der Waals surface area (Å²) in [6, 6.07) is 13.0. The molecule has 0 radical (unpaired) electrons. The zero-order valence-electron chi connectivity index (χ0n) is 16.0. The fraction of sp³-hybridized carbons (Fsp3) is 0.150. The van der Waals surface area contributed by atoms with Gasteiger partial charge < -0.3 is 4.57 Å². The van der Waals surface area contributed by atoms with Gasteiger partial charge in [0.2, 0.25) is 5.95 Å². The lowest BCUT2D eigenvalue weighted by molar-refractivity contribution is 0.655. The molecule has 0 aliphatic heterocycles. The fourth-order valence-electron chi connectivity index (χ4n) is 3.07. The normalized spacial score (nSPS) is 11.4. The molecule has 0 bridgehead atoms. The van der Waals surface area contributed by atoms with E-state index in [1.165, 1.54) is 9.13 Å². The molecule has 0 spiro atoms. The van der Waals surface area contributed by atoms with Gasteiger partial charge in [-0.1, -0.05) is 36.4 Å². The van der Waals surface area contributed by atoms with Gasteiger partial charge >= 0.3 is 5.69 Å². The molecular formula is C20H19N7O2. The highest BCUT2D eigenvalue weighted by atomic mass is 16.2. The highest BCUT2D eigenvalue weighted by Crippen LogP contribution is 2.13. The summed E-state index contributed by atoms with van der Waals surface area (Å²) >= 11 is 0. The van der Waals surface area contributed by atoms with Crippen LogP contribution in [0.4, 0.5) is 5.95 Å². The van der Waals surface area contributed by atoms with Crippen molar-refractivity contribution in [1.29, 1.82) is 0 Å². The highest BCUT2D eigenvalue weighted by molar-refractivity contribution is 5.80. The van der Waals surface area contributed by atoms with Crippen molar-refractivity contribution in [3.63, 3.8) is 0 Å². The van der Waals surface area contributed by atoms with Gasteiger partial charge in [0.15, 0.2) is 11.2 Å². The zero-order chi connectivity index (χ0) is 20.4. The summed E-state index contributed by atoms with van der Waals surface area (Å²) in [4.78, 5) is 34.2. The van der Waals surface area contributed by atoms with Crippen molar-refractivity contribution >= 4 is 23.3 Å². The number of imidazole rings is 1. The van der Waals surface area contributed by atoms with E-state index in [-0.39, 0.29) is 6.54 Å². The number of aryl methyl sites for hydroxylation is 2. The quantitative estimate of drug-likeness (QED) is 0.410. The first kappa shape index (κ1) is 18.4. The van der Waals surface area contributed by atoms with Gasteiger partial charge in [-0.3, -0.25) is 18.9 Å². The van der Waals surface area contributed by atoms with E-state index in [2.05, 4.69) is 20.5 Å². The van der Waals surface area contributed by atoms with Crippen molar-refractivity contribution in [2.75, 3.05) is 5.43 Å². The molecule has 0 atom stereocenters. The Kier molecular flexibility index (Phi) is 4.78. The van der Waals surface area contributed by atoms with E-state index in [4.69, 9.17) is 0 Å². The van der Waals surface area contributed by atoms with Crippen LogP contribution in [0.5, 0.6) is 0 Å². The fourth-order valence-corrected chi connectivity index (χ4v) is 3.07. The number of hydrazone groups is 1. The summed E-state index contributed by atoms with van der Waals surface area (Å²) in [5.74, 6) is 0.352. The van der Waals surface area contributed by atoms with E-state index in [1.807, 2.05) is 36.4 Å². The van der Waals surface area contributed by atoms with Crippen molar-refractivity contribution in [2.45, 2.75) is 6.54 Å². The van der Waals surface area contributed by atoms with Crippen LogP contribution in [0, 0.1) is 0 Å². The first-order valence-electron chi connectivity index (χ1n) is 8.95. The Balaban J connectivity index is 1.74. The number of rotatable bonds is 5. The number of fused-ring (bicyclic) bond motifs is 1. The van der Waals surface area contributed by atoms with Crippen molar-refractivity contribution in [2.24, 2.45) is 19.2 Å². The molecule has 0 aliphatic carbocycles. The number of benzene rings is 1. The van der Waals surface area contributed by atoms with Crippen LogP contribution in [0.3, 0.4) is 0 Å². The second-order valence-corrected chi connectivity index (χ2v) is 6.54. The molecule has 0 aliphatic rings. The lowest BCUT2D eigenvalue weighted by atomic mass is 10.2. The predicted octanol–water partition coefficient (Wildman–Crippen LogP) is 1.32. The average molecular weight is 389 g/mol. The Bertz CT molecular complexity index is 1300. The molecule has 1 aromatic carbocycles. The van der Waals surface area contributed by atoms with Crippen LogP contribution in [0.1, 0.15) is 11.1 Å². The van der Waals surface area contributed by atoms with Crippen LogP contribution in [0.15, 0.2) is 69.5 Å². The van der Waals surface area contributed by atoms with E-state index < -0.39 is 11.2 Å². The molecule has 9 nitrogen and oxygen atoms in total. The van der Waals surface area contributed by atoms with Crippen LogP contribution in [0.2, 0.25) is 0 Å². The van der Waals surface area contributed by atoms with E-state index in [1.54, 1.807) is 43.3 Å². The molecule has 4 rings (SSSR count). The average Bonchev–Trinajstić information content (AvgIpc) is 3.08. The molecule has 3 aromatic heterocycles. The third-order valence-corrected chi connectivity index (χ3v) is 4.61. The minimum absolute atomic E-state index is 0.190. The molecule has 4 aromatic rings. The monoisotopic (exact) mass is 389 g/mol. The Morgan fingerprint density at radius 3 is 2.59 bits per heavy atom. The number of pyridine rings is 1. The maximum Gasteiger partial charge on any atom is 0.332 e. The topological polar surface area (TPSA) is 99.1 Å². The Labute approximate surface area is 165 Å². The summed E-state index contributed by atoms with van der Waals surface area (Å²) in [6.45, 7) is 0.190. The minimum atomic E-state index is -0.421. The number of hydrogen-bond donors (Lipinski definition) is 1. The van der Waals surface area contributed by atoms with Crippen LogP contribution < -0.4 is 16.7 Å². The van der Waals surface area contributed by atoms with Gasteiger partial charge in [0.1, 0.15) is 0 Å². The SMILES string of the molecule is Cn1c(N/N=C/c2cccnc2)nc2c1c(=O)n(Cc1ccccc1)c(=O)n2C. The number of nitrogens with one attached hydrogen (secondary N) is 1. The van der Waals surface area contributed by atoms with Gasteiger partial charge in [-0.25, -0.2) is 10.2 Å². The largest absolute Gasteiger partial charge is 0.332 e. The van der Waals surface area contributed by atoms with E-state index in [0.29, 0.717) is 17.1 Å². The third kappa shape index (κ3) is 3.45. The van der Waals surface area contributed by atoms with E-state index in [0.717, 1.165) is 11.1 Å². The molecule has 29 heavy (non-hydrogen) atoms. The summed E-state index contributed by atoms with van der Waals surface area (Å²) < 4.78 is 4.18. The van der Waals surface area contributed by atoms with Crippen molar-refractivity contribution in [3.8, 4) is 0 Å². The van der Waals surface area contributed by atoms with Gasteiger partial charge in [-0.05, 0) is 11.6 Å². The summed E-state index contributed by atoms with van der Waals surface area (Å²) in [6.07, 6.45) is 4.95. The Morgan fingerprint density at radius 2 is 1.86 bits per heavy atom. The summed E-state index contributed by atoms with van der Waals surface area (Å²) in [5, 5.41) is 4.15. The number of hydrogen-bond acceptors (Lipinski definition) is 6. The third-order valence-electron chi connectivity index (χ3n) is 4.61. The van der Waals surface area contributed by atoms with Crippen molar-refractivity contribution in [3.05, 3.63) is 86.8 Å². The highest BCUT2D eigenvalue weighted by Gasteiger charge is 2.18. The molecule has 146 valence electrons. The Hall–Kier alpha value is -4.01. The van der Waals surface area contributed by atoms with E-state index >= 15 is 0 Å². The van der Waals surface area contributed by atoms with Crippen LogP contribution in [-0.4, -0.2) is 29.9 Å². The molecule has 0 saturated carbocycles.